The number of rotatable bonds is 3. The maximum Gasteiger partial charge on any atom is 0.416 e. The summed E-state index contributed by atoms with van der Waals surface area (Å²) in [5.41, 5.74) is 6.16. The first-order valence-electron chi connectivity index (χ1n) is 9.32. The Morgan fingerprint density at radius 2 is 1.74 bits per heavy atom. The Labute approximate surface area is 175 Å². The lowest BCUT2D eigenvalue weighted by molar-refractivity contribution is -0.139. The predicted octanol–water partition coefficient (Wildman–Crippen LogP) is 1.52. The molecule has 3 aliphatic heterocycles. The number of carbonyl (C=O) groups is 3. The van der Waals surface area contributed by atoms with Gasteiger partial charge in [0.15, 0.2) is 12.2 Å². The highest BCUT2D eigenvalue weighted by Gasteiger charge is 2.56. The van der Waals surface area contributed by atoms with Gasteiger partial charge in [0.2, 0.25) is 11.9 Å². The molecule has 0 aliphatic carbocycles. The Bertz CT molecular complexity index is 1050. The molecule has 4 amide bonds. The van der Waals surface area contributed by atoms with Crippen LogP contribution in [0.2, 0.25) is 0 Å². The number of fused-ring (bicyclic) bond motifs is 3. The van der Waals surface area contributed by atoms with Gasteiger partial charge in [0.05, 0.1) is 5.56 Å². The second-order valence-electron chi connectivity index (χ2n) is 7.49. The van der Waals surface area contributed by atoms with Gasteiger partial charge in [-0.1, -0.05) is 0 Å². The van der Waals surface area contributed by atoms with Crippen molar-refractivity contribution in [1.82, 2.24) is 14.7 Å². The predicted molar refractivity (Wildman–Crippen MR) is 103 cm³/mol. The van der Waals surface area contributed by atoms with Crippen molar-refractivity contribution < 1.29 is 27.6 Å². The average Bonchev–Trinajstić information content (AvgIpc) is 3.19. The number of anilines is 1. The number of guanidine groups is 1. The zero-order valence-electron chi connectivity index (χ0n) is 16.8. The van der Waals surface area contributed by atoms with Gasteiger partial charge in [-0.25, -0.2) is 9.79 Å². The fourth-order valence-corrected chi connectivity index (χ4v) is 4.02. The van der Waals surface area contributed by atoms with E-state index in [-0.39, 0.29) is 0 Å². The Balaban J connectivity index is 1.73. The fourth-order valence-electron chi connectivity index (χ4n) is 4.02. The topological polar surface area (TPSA) is 103 Å². The summed E-state index contributed by atoms with van der Waals surface area (Å²) in [7, 11) is 1.46. The third-order valence-corrected chi connectivity index (χ3v) is 5.66. The fraction of sp³-hybridized carbons (Fsp3) is 0.368. The minimum Gasteiger partial charge on any atom is -0.368 e. The highest BCUT2D eigenvalue weighted by Crippen LogP contribution is 2.40. The SMILES string of the molecule is CC1=C(C)N2C(=NC3C2C(=O)N(CC(N)=O)C(=O)N3C)N1c1ccc(C(F)(F)F)cc1. The lowest BCUT2D eigenvalue weighted by atomic mass is 10.1. The van der Waals surface area contributed by atoms with Crippen LogP contribution in [0, 0.1) is 0 Å². The first-order chi connectivity index (χ1) is 14.4. The van der Waals surface area contributed by atoms with Gasteiger partial charge in [-0.3, -0.25) is 24.3 Å². The van der Waals surface area contributed by atoms with Crippen LogP contribution in [0.5, 0.6) is 0 Å². The molecule has 1 fully saturated rings. The van der Waals surface area contributed by atoms with Gasteiger partial charge in [0, 0.05) is 24.1 Å². The van der Waals surface area contributed by atoms with E-state index in [4.69, 9.17) is 5.73 Å². The summed E-state index contributed by atoms with van der Waals surface area (Å²) >= 11 is 0. The highest BCUT2D eigenvalue weighted by atomic mass is 19.4. The van der Waals surface area contributed by atoms with E-state index in [9.17, 15) is 27.6 Å². The Morgan fingerprint density at radius 1 is 1.13 bits per heavy atom. The summed E-state index contributed by atoms with van der Waals surface area (Å²) in [6.45, 7) is 2.95. The van der Waals surface area contributed by atoms with E-state index >= 15 is 0 Å². The van der Waals surface area contributed by atoms with Crippen LogP contribution in [-0.2, 0) is 15.8 Å². The molecule has 9 nitrogen and oxygen atoms in total. The number of urea groups is 1. The number of aliphatic imine (C=N–C) groups is 1. The summed E-state index contributed by atoms with van der Waals surface area (Å²) in [6.07, 6.45) is -5.31. The van der Waals surface area contributed by atoms with Gasteiger partial charge in [-0.05, 0) is 38.1 Å². The van der Waals surface area contributed by atoms with Gasteiger partial charge in [-0.2, -0.15) is 13.2 Å². The number of likely N-dealkylation sites (N-methyl/N-ethyl adjacent to an activating group) is 1. The smallest absolute Gasteiger partial charge is 0.368 e. The van der Waals surface area contributed by atoms with Crippen LogP contribution in [-0.4, -0.2) is 64.3 Å². The van der Waals surface area contributed by atoms with E-state index in [1.54, 1.807) is 23.6 Å². The van der Waals surface area contributed by atoms with Gasteiger partial charge in [-0.15, -0.1) is 0 Å². The molecule has 0 spiro atoms. The first kappa shape index (κ1) is 20.7. The van der Waals surface area contributed by atoms with E-state index in [2.05, 4.69) is 4.99 Å². The number of benzene rings is 1. The number of nitrogens with two attached hydrogens (primary N) is 1. The van der Waals surface area contributed by atoms with Crippen molar-refractivity contribution in [3.05, 3.63) is 41.2 Å². The van der Waals surface area contributed by atoms with Crippen LogP contribution >= 0.6 is 0 Å². The summed E-state index contributed by atoms with van der Waals surface area (Å²) in [5.74, 6) is -1.13. The molecule has 2 atom stereocenters. The number of hydrogen-bond acceptors (Lipinski definition) is 6. The third kappa shape index (κ3) is 3.01. The molecular weight excluding hydrogens is 417 g/mol. The molecule has 3 aliphatic rings. The first-order valence-corrected chi connectivity index (χ1v) is 9.32. The van der Waals surface area contributed by atoms with Crippen molar-refractivity contribution in [1.29, 1.82) is 0 Å². The van der Waals surface area contributed by atoms with Crippen molar-refractivity contribution >= 4 is 29.5 Å². The van der Waals surface area contributed by atoms with E-state index in [0.717, 1.165) is 17.0 Å². The molecule has 1 aromatic carbocycles. The zero-order valence-corrected chi connectivity index (χ0v) is 16.8. The number of primary amides is 1. The van der Waals surface area contributed by atoms with Crippen LogP contribution in [0.1, 0.15) is 19.4 Å². The number of alkyl halides is 3. The Kier molecular flexibility index (Phi) is 4.49. The van der Waals surface area contributed by atoms with Crippen molar-refractivity contribution in [2.24, 2.45) is 10.7 Å². The van der Waals surface area contributed by atoms with Crippen LogP contribution in [0.25, 0.3) is 0 Å². The molecule has 0 saturated carbocycles. The number of amides is 4. The van der Waals surface area contributed by atoms with Crippen LogP contribution < -0.4 is 10.6 Å². The Hall–Kier alpha value is -3.57. The lowest BCUT2D eigenvalue weighted by Gasteiger charge is -2.40. The average molecular weight is 436 g/mol. The second kappa shape index (κ2) is 6.72. The van der Waals surface area contributed by atoms with Crippen molar-refractivity contribution in [2.45, 2.75) is 32.2 Å². The third-order valence-electron chi connectivity index (χ3n) is 5.66. The van der Waals surface area contributed by atoms with Gasteiger partial charge in [0.1, 0.15) is 6.54 Å². The minimum absolute atomic E-state index is 0.318. The molecule has 1 aromatic rings. The number of hydrogen-bond donors (Lipinski definition) is 1. The van der Waals surface area contributed by atoms with E-state index in [1.165, 1.54) is 24.1 Å². The molecule has 164 valence electrons. The highest BCUT2D eigenvalue weighted by molar-refractivity contribution is 6.11. The quantitative estimate of drug-likeness (QED) is 0.774. The molecule has 0 radical (unpaired) electrons. The largest absolute Gasteiger partial charge is 0.416 e. The lowest BCUT2D eigenvalue weighted by Crippen LogP contribution is -2.65. The van der Waals surface area contributed by atoms with Crippen LogP contribution in [0.3, 0.4) is 0 Å². The molecule has 1 saturated heterocycles. The second-order valence-corrected chi connectivity index (χ2v) is 7.49. The van der Waals surface area contributed by atoms with Crippen molar-refractivity contribution in [3.63, 3.8) is 0 Å². The van der Waals surface area contributed by atoms with Crippen LogP contribution in [0.15, 0.2) is 40.7 Å². The zero-order chi connectivity index (χ0) is 22.8. The van der Waals surface area contributed by atoms with E-state index < -0.39 is 48.3 Å². The molecule has 2 N–H and O–H groups in total. The van der Waals surface area contributed by atoms with E-state index in [0.29, 0.717) is 23.0 Å². The Morgan fingerprint density at radius 3 is 2.29 bits per heavy atom. The summed E-state index contributed by atoms with van der Waals surface area (Å²) in [4.78, 5) is 46.8. The van der Waals surface area contributed by atoms with Crippen LogP contribution in [0.4, 0.5) is 23.7 Å². The minimum atomic E-state index is -4.46. The van der Waals surface area contributed by atoms with Gasteiger partial charge < -0.3 is 10.6 Å². The van der Waals surface area contributed by atoms with Crippen molar-refractivity contribution in [3.8, 4) is 0 Å². The number of imide groups is 1. The summed E-state index contributed by atoms with van der Waals surface area (Å²) < 4.78 is 38.8. The number of halogens is 3. The molecule has 12 heteroatoms. The monoisotopic (exact) mass is 436 g/mol. The van der Waals surface area contributed by atoms with Crippen molar-refractivity contribution in [2.75, 3.05) is 18.5 Å². The van der Waals surface area contributed by atoms with E-state index in [1.807, 2.05) is 0 Å². The maximum atomic E-state index is 13.1. The molecule has 31 heavy (non-hydrogen) atoms. The molecule has 3 heterocycles. The normalized spacial score (nSPS) is 23.5. The standard InChI is InChI=1S/C19H19F3N6O3/c1-9-10(2)28-14-15(25(3)18(31)26(16(14)30)8-13(23)29)24-17(28)27(9)12-6-4-11(5-7-12)19(20,21)22/h4-7,14-15H,8H2,1-3H3,(H2,23,29). The molecule has 0 aromatic heterocycles. The number of carbonyl (C=O) groups excluding carboxylic acids is 3. The van der Waals surface area contributed by atoms with Gasteiger partial charge >= 0.3 is 12.2 Å². The summed E-state index contributed by atoms with van der Waals surface area (Å²) in [6, 6.07) is 2.98. The van der Waals surface area contributed by atoms with Gasteiger partial charge in [0.25, 0.3) is 5.91 Å². The summed E-state index contributed by atoms with van der Waals surface area (Å²) in [5, 5.41) is 0. The molecule has 4 rings (SSSR count). The molecular formula is C19H19F3N6O3. The molecule has 0 bridgehead atoms. The number of allylic oxidation sites excluding steroid dienone is 2. The number of nitrogens with zero attached hydrogens (tertiary/aromatic N) is 5. The maximum absolute atomic E-state index is 13.1. The molecule has 2 unspecified atom stereocenters.